The van der Waals surface area contributed by atoms with Crippen LogP contribution in [-0.2, 0) is 11.3 Å². The molecule has 0 aliphatic carbocycles. The van der Waals surface area contributed by atoms with Crippen LogP contribution in [0.2, 0.25) is 0 Å². The summed E-state index contributed by atoms with van der Waals surface area (Å²) in [6.45, 7) is 4.07. The number of ketones is 1. The molecule has 7 heteroatoms. The lowest BCUT2D eigenvalue weighted by Gasteiger charge is -1.98. The summed E-state index contributed by atoms with van der Waals surface area (Å²) in [6, 6.07) is 4.08. The summed E-state index contributed by atoms with van der Waals surface area (Å²) in [4.78, 5) is 30.0. The van der Waals surface area contributed by atoms with Crippen LogP contribution in [0.15, 0.2) is 12.1 Å². The fourth-order valence-corrected chi connectivity index (χ4v) is 3.29. The molecule has 106 valence electrons. The SMILES string of the molecule is COC(=O)c1nc(NCc2ccc(C)s2)sc1C(C)=O. The van der Waals surface area contributed by atoms with Gasteiger partial charge in [-0.05, 0) is 19.1 Å². The number of rotatable bonds is 5. The van der Waals surface area contributed by atoms with Gasteiger partial charge in [0.15, 0.2) is 16.6 Å². The Labute approximate surface area is 124 Å². The summed E-state index contributed by atoms with van der Waals surface area (Å²) in [5.74, 6) is -0.783. The third-order valence-corrected chi connectivity index (χ3v) is 4.65. The highest BCUT2D eigenvalue weighted by Gasteiger charge is 2.21. The molecule has 0 aromatic carbocycles. The molecule has 0 radical (unpaired) electrons. The predicted molar refractivity (Wildman–Crippen MR) is 79.8 cm³/mol. The van der Waals surface area contributed by atoms with Crippen LogP contribution in [0, 0.1) is 6.92 Å². The van der Waals surface area contributed by atoms with E-state index in [-0.39, 0.29) is 11.5 Å². The van der Waals surface area contributed by atoms with Crippen molar-refractivity contribution < 1.29 is 14.3 Å². The zero-order valence-corrected chi connectivity index (χ0v) is 13.0. The van der Waals surface area contributed by atoms with Crippen LogP contribution in [0.4, 0.5) is 5.13 Å². The van der Waals surface area contributed by atoms with E-state index >= 15 is 0 Å². The summed E-state index contributed by atoms with van der Waals surface area (Å²) in [6.07, 6.45) is 0. The van der Waals surface area contributed by atoms with Crippen LogP contribution in [0.1, 0.15) is 36.8 Å². The fraction of sp³-hybridized carbons (Fsp3) is 0.308. The highest BCUT2D eigenvalue weighted by atomic mass is 32.1. The molecule has 2 aromatic heterocycles. The molecule has 2 rings (SSSR count). The first-order chi connectivity index (χ1) is 9.51. The molecule has 0 saturated carbocycles. The number of nitrogens with one attached hydrogen (secondary N) is 1. The molecular weight excluding hydrogens is 296 g/mol. The molecule has 2 heterocycles. The number of thiazole rings is 1. The number of aromatic nitrogens is 1. The second-order valence-corrected chi connectivity index (χ2v) is 6.48. The van der Waals surface area contributed by atoms with Crippen LogP contribution >= 0.6 is 22.7 Å². The van der Waals surface area contributed by atoms with E-state index in [1.807, 2.05) is 19.1 Å². The molecule has 0 unspecified atom stereocenters. The van der Waals surface area contributed by atoms with Gasteiger partial charge in [0, 0.05) is 16.7 Å². The molecule has 1 N–H and O–H groups in total. The van der Waals surface area contributed by atoms with Crippen molar-refractivity contribution in [3.05, 3.63) is 32.5 Å². The van der Waals surface area contributed by atoms with E-state index in [1.165, 1.54) is 35.1 Å². The monoisotopic (exact) mass is 310 g/mol. The van der Waals surface area contributed by atoms with Crippen LogP contribution < -0.4 is 5.32 Å². The Kier molecular flexibility index (Phi) is 4.51. The van der Waals surface area contributed by atoms with E-state index in [1.54, 1.807) is 11.3 Å². The van der Waals surface area contributed by atoms with Crippen molar-refractivity contribution in [2.75, 3.05) is 12.4 Å². The Hall–Kier alpha value is -1.73. The summed E-state index contributed by atoms with van der Waals surface area (Å²) >= 11 is 2.86. The Morgan fingerprint density at radius 1 is 1.35 bits per heavy atom. The second kappa shape index (κ2) is 6.15. The zero-order valence-electron chi connectivity index (χ0n) is 11.4. The first-order valence-electron chi connectivity index (χ1n) is 5.90. The molecule has 0 aliphatic rings. The van der Waals surface area contributed by atoms with Gasteiger partial charge in [-0.15, -0.1) is 11.3 Å². The smallest absolute Gasteiger partial charge is 0.358 e. The van der Waals surface area contributed by atoms with Crippen LogP contribution in [-0.4, -0.2) is 23.8 Å². The number of esters is 1. The first kappa shape index (κ1) is 14.7. The first-order valence-corrected chi connectivity index (χ1v) is 7.54. The van der Waals surface area contributed by atoms with Gasteiger partial charge in [0.2, 0.25) is 0 Å². The number of ether oxygens (including phenoxy) is 1. The summed E-state index contributed by atoms with van der Waals surface area (Å²) in [5, 5.41) is 3.67. The predicted octanol–water partition coefficient (Wildman–Crippen LogP) is 3.11. The standard InChI is InChI=1S/C13H14N2O3S2/c1-7-4-5-9(19-7)6-14-13-15-10(12(17)18-3)11(20-13)8(2)16/h4-5H,6H2,1-3H3,(H,14,15). The van der Waals surface area contributed by atoms with Gasteiger partial charge in [-0.2, -0.15) is 0 Å². The third-order valence-electron chi connectivity index (χ3n) is 2.54. The summed E-state index contributed by atoms with van der Waals surface area (Å²) in [7, 11) is 1.27. The minimum atomic E-state index is -0.591. The number of carbonyl (C=O) groups is 2. The summed E-state index contributed by atoms with van der Waals surface area (Å²) in [5.41, 5.74) is 0.0786. The van der Waals surface area contributed by atoms with E-state index in [2.05, 4.69) is 15.0 Å². The summed E-state index contributed by atoms with van der Waals surface area (Å²) < 4.78 is 4.63. The Bertz CT molecular complexity index is 646. The van der Waals surface area contributed by atoms with E-state index in [0.717, 1.165) is 0 Å². The maximum Gasteiger partial charge on any atom is 0.358 e. The molecule has 0 aliphatic heterocycles. The molecule has 0 amide bonds. The molecule has 0 bridgehead atoms. The number of nitrogens with zero attached hydrogens (tertiary/aromatic N) is 1. The molecular formula is C13H14N2O3S2. The molecule has 2 aromatic rings. The largest absolute Gasteiger partial charge is 0.464 e. The Balaban J connectivity index is 2.16. The highest BCUT2D eigenvalue weighted by Crippen LogP contribution is 2.25. The van der Waals surface area contributed by atoms with Gasteiger partial charge in [-0.3, -0.25) is 4.79 Å². The molecule has 0 saturated heterocycles. The van der Waals surface area contributed by atoms with Crippen LogP contribution in [0.5, 0.6) is 0 Å². The van der Waals surface area contributed by atoms with Gasteiger partial charge in [-0.25, -0.2) is 9.78 Å². The number of Topliss-reactive ketones (excluding diaryl/α,β-unsaturated/α-hetero) is 1. The zero-order chi connectivity index (χ0) is 14.7. The third kappa shape index (κ3) is 3.23. The fourth-order valence-electron chi connectivity index (χ4n) is 1.61. The van der Waals surface area contributed by atoms with E-state index in [4.69, 9.17) is 0 Å². The van der Waals surface area contributed by atoms with Crippen molar-refractivity contribution >= 4 is 39.6 Å². The van der Waals surface area contributed by atoms with Crippen molar-refractivity contribution in [1.82, 2.24) is 4.98 Å². The van der Waals surface area contributed by atoms with Gasteiger partial charge in [0.1, 0.15) is 4.88 Å². The van der Waals surface area contributed by atoms with Gasteiger partial charge in [-0.1, -0.05) is 11.3 Å². The lowest BCUT2D eigenvalue weighted by atomic mass is 10.3. The van der Waals surface area contributed by atoms with Crippen molar-refractivity contribution in [2.45, 2.75) is 20.4 Å². The lowest BCUT2D eigenvalue weighted by Crippen LogP contribution is -2.07. The molecule has 5 nitrogen and oxygen atoms in total. The topological polar surface area (TPSA) is 68.3 Å². The van der Waals surface area contributed by atoms with Crippen LogP contribution in [0.3, 0.4) is 0 Å². The molecule has 0 fully saturated rings. The number of aryl methyl sites for hydroxylation is 1. The quantitative estimate of drug-likeness (QED) is 0.679. The van der Waals surface area contributed by atoms with E-state index in [0.29, 0.717) is 16.6 Å². The minimum Gasteiger partial charge on any atom is -0.464 e. The van der Waals surface area contributed by atoms with E-state index in [9.17, 15) is 9.59 Å². The Morgan fingerprint density at radius 3 is 2.65 bits per heavy atom. The maximum atomic E-state index is 11.6. The van der Waals surface area contributed by atoms with Gasteiger partial charge in [0.05, 0.1) is 13.7 Å². The molecule has 20 heavy (non-hydrogen) atoms. The van der Waals surface area contributed by atoms with Gasteiger partial charge >= 0.3 is 5.97 Å². The average molecular weight is 310 g/mol. The highest BCUT2D eigenvalue weighted by molar-refractivity contribution is 7.17. The minimum absolute atomic E-state index is 0.0786. The average Bonchev–Trinajstić information content (AvgIpc) is 3.01. The van der Waals surface area contributed by atoms with Gasteiger partial charge < -0.3 is 10.1 Å². The van der Waals surface area contributed by atoms with Crippen molar-refractivity contribution in [3.8, 4) is 0 Å². The lowest BCUT2D eigenvalue weighted by molar-refractivity contribution is 0.0591. The number of hydrogen-bond acceptors (Lipinski definition) is 7. The number of methoxy groups -OCH3 is 1. The van der Waals surface area contributed by atoms with Crippen LogP contribution in [0.25, 0.3) is 0 Å². The second-order valence-electron chi connectivity index (χ2n) is 4.11. The van der Waals surface area contributed by atoms with Gasteiger partial charge in [0.25, 0.3) is 0 Å². The maximum absolute atomic E-state index is 11.6. The van der Waals surface area contributed by atoms with E-state index < -0.39 is 5.97 Å². The Morgan fingerprint density at radius 2 is 2.10 bits per heavy atom. The number of anilines is 1. The number of thiophene rings is 1. The normalized spacial score (nSPS) is 10.3. The molecule has 0 atom stereocenters. The molecule has 0 spiro atoms. The van der Waals surface area contributed by atoms with Crippen molar-refractivity contribution in [1.29, 1.82) is 0 Å². The number of hydrogen-bond donors (Lipinski definition) is 1. The number of carbonyl (C=O) groups excluding carboxylic acids is 2. The van der Waals surface area contributed by atoms with Crippen molar-refractivity contribution in [2.24, 2.45) is 0 Å². The van der Waals surface area contributed by atoms with Crippen molar-refractivity contribution in [3.63, 3.8) is 0 Å².